The van der Waals surface area contributed by atoms with Crippen molar-refractivity contribution in [3.63, 3.8) is 0 Å². The fourth-order valence-electron chi connectivity index (χ4n) is 2.46. The molecule has 0 radical (unpaired) electrons. The van der Waals surface area contributed by atoms with E-state index in [9.17, 15) is 0 Å². The lowest BCUT2D eigenvalue weighted by molar-refractivity contribution is 0.354. The van der Waals surface area contributed by atoms with Gasteiger partial charge in [-0.1, -0.05) is 30.3 Å². The summed E-state index contributed by atoms with van der Waals surface area (Å²) >= 11 is 0. The molecule has 0 saturated heterocycles. The highest BCUT2D eigenvalue weighted by Gasteiger charge is 2.18. The predicted molar refractivity (Wildman–Crippen MR) is 67.0 cm³/mol. The van der Waals surface area contributed by atoms with Crippen LogP contribution in [0.3, 0.4) is 0 Å². The van der Waals surface area contributed by atoms with Crippen molar-refractivity contribution >= 4 is 10.8 Å². The van der Waals surface area contributed by atoms with Crippen LogP contribution in [0.15, 0.2) is 43.0 Å². The molecule has 0 bridgehead atoms. The zero-order valence-corrected chi connectivity index (χ0v) is 9.20. The van der Waals surface area contributed by atoms with E-state index >= 15 is 0 Å². The minimum Gasteiger partial charge on any atom is -0.493 e. The highest BCUT2D eigenvalue weighted by atomic mass is 16.5. The molecule has 0 aliphatic carbocycles. The summed E-state index contributed by atoms with van der Waals surface area (Å²) in [6.07, 6.45) is 3.85. The molecular formula is C15H14O. The van der Waals surface area contributed by atoms with E-state index in [4.69, 9.17) is 4.74 Å². The maximum absolute atomic E-state index is 5.74. The summed E-state index contributed by atoms with van der Waals surface area (Å²) in [5.74, 6) is 1.10. The number of ether oxygens (including phenoxy) is 1. The standard InChI is InChI=1S/C15H14O/c1-2-5-12-10-11-6-3-4-7-13(11)14-8-9-16-15(12)14/h2-4,6-7,10H,1,5,8-9H2. The van der Waals surface area contributed by atoms with Gasteiger partial charge in [0.15, 0.2) is 0 Å². The molecule has 3 rings (SSSR count). The Kier molecular flexibility index (Phi) is 2.17. The first-order valence-corrected chi connectivity index (χ1v) is 5.67. The van der Waals surface area contributed by atoms with Crippen molar-refractivity contribution in [2.75, 3.05) is 6.61 Å². The van der Waals surface area contributed by atoms with Gasteiger partial charge in [0.2, 0.25) is 0 Å². The van der Waals surface area contributed by atoms with Gasteiger partial charge < -0.3 is 4.74 Å². The van der Waals surface area contributed by atoms with Crippen molar-refractivity contribution in [2.24, 2.45) is 0 Å². The second-order valence-corrected chi connectivity index (χ2v) is 4.16. The molecule has 1 heteroatoms. The van der Waals surface area contributed by atoms with E-state index in [0.29, 0.717) is 0 Å². The number of fused-ring (bicyclic) bond motifs is 3. The summed E-state index contributed by atoms with van der Waals surface area (Å²) in [6.45, 7) is 4.62. The fourth-order valence-corrected chi connectivity index (χ4v) is 2.46. The predicted octanol–water partition coefficient (Wildman–Crippen LogP) is 3.50. The summed E-state index contributed by atoms with van der Waals surface area (Å²) in [7, 11) is 0. The molecule has 1 aliphatic heterocycles. The van der Waals surface area contributed by atoms with Crippen LogP contribution in [0.1, 0.15) is 11.1 Å². The van der Waals surface area contributed by atoms with Crippen LogP contribution in [0.4, 0.5) is 0 Å². The molecule has 2 aromatic carbocycles. The number of allylic oxidation sites excluding steroid dienone is 1. The van der Waals surface area contributed by atoms with E-state index in [1.54, 1.807) is 0 Å². The summed E-state index contributed by atoms with van der Waals surface area (Å²) in [4.78, 5) is 0. The van der Waals surface area contributed by atoms with Crippen LogP contribution in [-0.2, 0) is 12.8 Å². The molecule has 80 valence electrons. The number of hydrogen-bond acceptors (Lipinski definition) is 1. The van der Waals surface area contributed by atoms with Crippen molar-refractivity contribution in [1.29, 1.82) is 0 Å². The summed E-state index contributed by atoms with van der Waals surface area (Å²) in [5, 5.41) is 2.64. The highest BCUT2D eigenvalue weighted by molar-refractivity contribution is 5.89. The Morgan fingerprint density at radius 2 is 2.19 bits per heavy atom. The van der Waals surface area contributed by atoms with Crippen molar-refractivity contribution in [3.8, 4) is 5.75 Å². The Balaban J connectivity index is 2.33. The summed E-state index contributed by atoms with van der Waals surface area (Å²) in [6, 6.07) is 10.7. The lowest BCUT2D eigenvalue weighted by atomic mass is 9.97. The molecule has 1 aliphatic rings. The normalized spacial score (nSPS) is 13.5. The SMILES string of the molecule is C=CCc1cc2ccccc2c2c1OCC2. The van der Waals surface area contributed by atoms with Crippen LogP contribution in [0.2, 0.25) is 0 Å². The largest absolute Gasteiger partial charge is 0.493 e. The van der Waals surface area contributed by atoms with Crippen molar-refractivity contribution < 1.29 is 4.74 Å². The Bertz CT molecular complexity index is 555. The molecule has 0 fully saturated rings. The third-order valence-corrected chi connectivity index (χ3v) is 3.14. The van der Waals surface area contributed by atoms with Crippen molar-refractivity contribution in [3.05, 3.63) is 54.1 Å². The molecule has 0 unspecified atom stereocenters. The van der Waals surface area contributed by atoms with Gasteiger partial charge in [-0.3, -0.25) is 0 Å². The van der Waals surface area contributed by atoms with E-state index in [0.717, 1.165) is 25.2 Å². The van der Waals surface area contributed by atoms with Gasteiger partial charge in [0.05, 0.1) is 6.61 Å². The molecule has 1 heterocycles. The molecule has 1 nitrogen and oxygen atoms in total. The average molecular weight is 210 g/mol. The van der Waals surface area contributed by atoms with Gasteiger partial charge in [0.1, 0.15) is 5.75 Å². The fraction of sp³-hybridized carbons (Fsp3) is 0.200. The van der Waals surface area contributed by atoms with Crippen LogP contribution < -0.4 is 4.74 Å². The number of rotatable bonds is 2. The second-order valence-electron chi connectivity index (χ2n) is 4.16. The third-order valence-electron chi connectivity index (χ3n) is 3.14. The van der Waals surface area contributed by atoms with Crippen LogP contribution in [0, 0.1) is 0 Å². The molecule has 0 spiro atoms. The Morgan fingerprint density at radius 3 is 3.06 bits per heavy atom. The topological polar surface area (TPSA) is 9.23 Å². The first-order chi connectivity index (χ1) is 7.90. The maximum atomic E-state index is 5.74. The first kappa shape index (κ1) is 9.46. The Labute approximate surface area is 95.4 Å². The molecule has 0 atom stereocenters. The Hall–Kier alpha value is -1.76. The lowest BCUT2D eigenvalue weighted by Crippen LogP contribution is -1.91. The quantitative estimate of drug-likeness (QED) is 0.689. The van der Waals surface area contributed by atoms with E-state index in [1.807, 2.05) is 6.08 Å². The monoisotopic (exact) mass is 210 g/mol. The highest BCUT2D eigenvalue weighted by Crippen LogP contribution is 2.36. The first-order valence-electron chi connectivity index (χ1n) is 5.67. The van der Waals surface area contributed by atoms with Crippen LogP contribution in [-0.4, -0.2) is 6.61 Å². The van der Waals surface area contributed by atoms with E-state index < -0.39 is 0 Å². The van der Waals surface area contributed by atoms with Gasteiger partial charge in [0.25, 0.3) is 0 Å². The van der Waals surface area contributed by atoms with Crippen molar-refractivity contribution in [2.45, 2.75) is 12.8 Å². The molecule has 0 aromatic heterocycles. The van der Waals surface area contributed by atoms with Gasteiger partial charge in [-0.15, -0.1) is 6.58 Å². The molecule has 0 amide bonds. The Morgan fingerprint density at radius 1 is 1.31 bits per heavy atom. The number of hydrogen-bond donors (Lipinski definition) is 0. The molecule has 2 aromatic rings. The van der Waals surface area contributed by atoms with Gasteiger partial charge in [-0.25, -0.2) is 0 Å². The van der Waals surface area contributed by atoms with Crippen LogP contribution >= 0.6 is 0 Å². The third kappa shape index (κ3) is 1.32. The number of benzene rings is 2. The maximum Gasteiger partial charge on any atom is 0.126 e. The smallest absolute Gasteiger partial charge is 0.126 e. The van der Waals surface area contributed by atoms with Gasteiger partial charge in [-0.05, 0) is 28.8 Å². The van der Waals surface area contributed by atoms with E-state index in [-0.39, 0.29) is 0 Å². The zero-order valence-electron chi connectivity index (χ0n) is 9.20. The van der Waals surface area contributed by atoms with Crippen molar-refractivity contribution in [1.82, 2.24) is 0 Å². The minimum atomic E-state index is 0.813. The van der Waals surface area contributed by atoms with Crippen LogP contribution in [0.25, 0.3) is 10.8 Å². The van der Waals surface area contributed by atoms with Gasteiger partial charge in [0, 0.05) is 12.0 Å². The van der Waals surface area contributed by atoms with E-state index in [2.05, 4.69) is 36.9 Å². The summed E-state index contributed by atoms with van der Waals surface area (Å²) < 4.78 is 5.74. The zero-order chi connectivity index (χ0) is 11.0. The second kappa shape index (κ2) is 3.67. The molecule has 0 saturated carbocycles. The average Bonchev–Trinajstić information content (AvgIpc) is 2.79. The van der Waals surface area contributed by atoms with Crippen LogP contribution in [0.5, 0.6) is 5.75 Å². The van der Waals surface area contributed by atoms with Gasteiger partial charge >= 0.3 is 0 Å². The lowest BCUT2D eigenvalue weighted by Gasteiger charge is -2.09. The molecular weight excluding hydrogens is 196 g/mol. The molecule has 16 heavy (non-hydrogen) atoms. The molecule has 0 N–H and O–H groups in total. The minimum absolute atomic E-state index is 0.813. The summed E-state index contributed by atoms with van der Waals surface area (Å²) in [5.41, 5.74) is 2.64. The van der Waals surface area contributed by atoms with E-state index in [1.165, 1.54) is 21.9 Å². The van der Waals surface area contributed by atoms with Gasteiger partial charge in [-0.2, -0.15) is 0 Å².